The van der Waals surface area contributed by atoms with E-state index in [1.807, 2.05) is 27.7 Å². The van der Waals surface area contributed by atoms with E-state index in [4.69, 9.17) is 9.31 Å². The molecule has 1 N–H and O–H groups in total. The van der Waals surface area contributed by atoms with Gasteiger partial charge < -0.3 is 14.4 Å². The molecule has 0 unspecified atom stereocenters. The number of aliphatic hydroxyl groups excluding tert-OH is 1. The van der Waals surface area contributed by atoms with Gasteiger partial charge in [0.1, 0.15) is 0 Å². The van der Waals surface area contributed by atoms with Gasteiger partial charge in [-0.15, -0.1) is 0 Å². The van der Waals surface area contributed by atoms with Crippen LogP contribution in [0.2, 0.25) is 0 Å². The van der Waals surface area contributed by atoms with E-state index in [-0.39, 0.29) is 5.56 Å². The molecule has 1 heterocycles. The fourth-order valence-corrected chi connectivity index (χ4v) is 2.24. The van der Waals surface area contributed by atoms with Crippen molar-refractivity contribution in [1.29, 1.82) is 0 Å². The first-order valence-electron chi connectivity index (χ1n) is 7.06. The van der Waals surface area contributed by atoms with Crippen molar-refractivity contribution in [2.24, 2.45) is 0 Å². The summed E-state index contributed by atoms with van der Waals surface area (Å²) in [6.07, 6.45) is -7.23. The summed E-state index contributed by atoms with van der Waals surface area (Å²) in [5.74, 6) is 0. The zero-order valence-corrected chi connectivity index (χ0v) is 13.3. The molecule has 1 aliphatic heterocycles. The van der Waals surface area contributed by atoms with Crippen molar-refractivity contribution in [3.63, 3.8) is 0 Å². The van der Waals surface area contributed by atoms with Gasteiger partial charge in [0, 0.05) is 0 Å². The van der Waals surface area contributed by atoms with Crippen molar-refractivity contribution in [3.8, 4) is 0 Å². The molecule has 7 heteroatoms. The topological polar surface area (TPSA) is 38.7 Å². The second kappa shape index (κ2) is 5.25. The Morgan fingerprint density at radius 3 is 2.05 bits per heavy atom. The Morgan fingerprint density at radius 1 is 1.09 bits per heavy atom. The number of hydrogen-bond donors (Lipinski definition) is 1. The van der Waals surface area contributed by atoms with Gasteiger partial charge in [-0.1, -0.05) is 23.8 Å². The third kappa shape index (κ3) is 3.02. The van der Waals surface area contributed by atoms with Crippen LogP contribution in [0, 0.1) is 6.92 Å². The minimum atomic E-state index is -4.71. The van der Waals surface area contributed by atoms with Gasteiger partial charge in [-0.25, -0.2) is 0 Å². The monoisotopic (exact) mass is 316 g/mol. The minimum Gasteiger partial charge on any atom is -0.399 e. The Labute approximate surface area is 128 Å². The lowest BCUT2D eigenvalue weighted by Crippen LogP contribution is -2.41. The zero-order valence-electron chi connectivity index (χ0n) is 13.3. The molecule has 22 heavy (non-hydrogen) atoms. The molecule has 122 valence electrons. The average molecular weight is 316 g/mol. The Bertz CT molecular complexity index is 554. The van der Waals surface area contributed by atoms with E-state index in [9.17, 15) is 18.3 Å². The van der Waals surface area contributed by atoms with Crippen LogP contribution < -0.4 is 5.46 Å². The number of alkyl halides is 3. The van der Waals surface area contributed by atoms with E-state index in [1.165, 1.54) is 18.2 Å². The molecule has 0 bridgehead atoms. The molecule has 2 rings (SSSR count). The number of rotatable bonds is 2. The van der Waals surface area contributed by atoms with Gasteiger partial charge in [-0.2, -0.15) is 13.2 Å². The summed E-state index contributed by atoms with van der Waals surface area (Å²) in [6, 6.07) is 4.10. The summed E-state index contributed by atoms with van der Waals surface area (Å²) in [4.78, 5) is 0. The van der Waals surface area contributed by atoms with E-state index < -0.39 is 30.6 Å². The minimum absolute atomic E-state index is 0.220. The van der Waals surface area contributed by atoms with Gasteiger partial charge in [-0.3, -0.25) is 0 Å². The lowest BCUT2D eigenvalue weighted by atomic mass is 9.75. The highest BCUT2D eigenvalue weighted by atomic mass is 19.4. The summed E-state index contributed by atoms with van der Waals surface area (Å²) >= 11 is 0. The summed E-state index contributed by atoms with van der Waals surface area (Å²) in [6.45, 7) is 9.26. The largest absolute Gasteiger partial charge is 0.495 e. The summed E-state index contributed by atoms with van der Waals surface area (Å²) in [7, 11) is -0.759. The molecule has 1 saturated heterocycles. The summed E-state index contributed by atoms with van der Waals surface area (Å²) < 4.78 is 49.8. The molecule has 1 aromatic carbocycles. The highest BCUT2D eigenvalue weighted by molar-refractivity contribution is 6.62. The van der Waals surface area contributed by atoms with Crippen LogP contribution in [0.25, 0.3) is 0 Å². The Kier molecular flexibility index (Phi) is 4.13. The molecule has 3 nitrogen and oxygen atoms in total. The molecular weight excluding hydrogens is 296 g/mol. The van der Waals surface area contributed by atoms with Crippen molar-refractivity contribution in [3.05, 3.63) is 29.3 Å². The molecule has 0 spiro atoms. The van der Waals surface area contributed by atoms with Crippen LogP contribution in [0.5, 0.6) is 0 Å². The summed E-state index contributed by atoms with van der Waals surface area (Å²) in [5.41, 5.74) is -0.134. The Balaban J connectivity index is 2.37. The van der Waals surface area contributed by atoms with E-state index in [0.29, 0.717) is 5.46 Å². The van der Waals surface area contributed by atoms with E-state index >= 15 is 0 Å². The Hall–Kier alpha value is -1.05. The fourth-order valence-electron chi connectivity index (χ4n) is 2.24. The fraction of sp³-hybridized carbons (Fsp3) is 0.600. The van der Waals surface area contributed by atoms with Gasteiger partial charge in [-0.05, 0) is 45.6 Å². The number of halogens is 3. The number of benzene rings is 1. The quantitative estimate of drug-likeness (QED) is 0.853. The standard InChI is InChI=1S/C15H20BF3O3/c1-9-6-7-10(12(20)15(17,18)19)8-11(9)16-21-13(2,3)14(4,5)22-16/h6-8,12,20H,1-5H3/t12-/m1/s1. The van der Waals surface area contributed by atoms with Crippen LogP contribution in [0.3, 0.4) is 0 Å². The second-order valence-electron chi connectivity index (χ2n) is 6.65. The zero-order chi connectivity index (χ0) is 16.9. The third-order valence-electron chi connectivity index (χ3n) is 4.44. The molecule has 0 aliphatic carbocycles. The number of aliphatic hydroxyl groups is 1. The molecule has 0 aromatic heterocycles. The van der Waals surface area contributed by atoms with Gasteiger partial charge in [0.2, 0.25) is 0 Å². The second-order valence-corrected chi connectivity index (χ2v) is 6.65. The highest BCUT2D eigenvalue weighted by Gasteiger charge is 2.52. The third-order valence-corrected chi connectivity index (χ3v) is 4.44. The predicted octanol–water partition coefficient (Wildman–Crippen LogP) is 2.89. The normalized spacial score (nSPS) is 22.0. The van der Waals surface area contributed by atoms with Crippen molar-refractivity contribution < 1.29 is 27.6 Å². The van der Waals surface area contributed by atoms with Gasteiger partial charge in [0.25, 0.3) is 0 Å². The lowest BCUT2D eigenvalue weighted by Gasteiger charge is -2.32. The van der Waals surface area contributed by atoms with Crippen LogP contribution in [-0.4, -0.2) is 29.6 Å². The molecule has 1 atom stereocenters. The van der Waals surface area contributed by atoms with Crippen molar-refractivity contribution in [2.75, 3.05) is 0 Å². The van der Waals surface area contributed by atoms with E-state index in [0.717, 1.165) is 5.56 Å². The lowest BCUT2D eigenvalue weighted by molar-refractivity contribution is -0.206. The summed E-state index contributed by atoms with van der Waals surface area (Å²) in [5, 5.41) is 9.41. The molecule has 0 radical (unpaired) electrons. The molecule has 1 fully saturated rings. The first-order valence-corrected chi connectivity index (χ1v) is 7.06. The number of hydrogen-bond acceptors (Lipinski definition) is 3. The molecule has 0 amide bonds. The van der Waals surface area contributed by atoms with Gasteiger partial charge in [0.05, 0.1) is 11.2 Å². The average Bonchev–Trinajstić information content (AvgIpc) is 2.57. The predicted molar refractivity (Wildman–Crippen MR) is 77.9 cm³/mol. The smallest absolute Gasteiger partial charge is 0.399 e. The first kappa shape index (κ1) is 17.3. The molecule has 1 aliphatic rings. The van der Waals surface area contributed by atoms with Crippen LogP contribution in [-0.2, 0) is 9.31 Å². The maximum atomic E-state index is 12.7. The van der Waals surface area contributed by atoms with E-state index in [1.54, 1.807) is 6.92 Å². The number of aryl methyl sites for hydroxylation is 1. The Morgan fingerprint density at radius 2 is 1.59 bits per heavy atom. The maximum absolute atomic E-state index is 12.7. The van der Waals surface area contributed by atoms with Crippen LogP contribution >= 0.6 is 0 Å². The van der Waals surface area contributed by atoms with Crippen LogP contribution in [0.15, 0.2) is 18.2 Å². The van der Waals surface area contributed by atoms with Gasteiger partial charge >= 0.3 is 13.3 Å². The van der Waals surface area contributed by atoms with Crippen molar-refractivity contribution in [2.45, 2.75) is 58.1 Å². The van der Waals surface area contributed by atoms with Gasteiger partial charge in [0.15, 0.2) is 6.10 Å². The first-order chi connectivity index (χ1) is 9.85. The molecular formula is C15H20BF3O3. The van der Waals surface area contributed by atoms with Crippen molar-refractivity contribution >= 4 is 12.6 Å². The highest BCUT2D eigenvalue weighted by Crippen LogP contribution is 2.37. The molecule has 0 saturated carbocycles. The van der Waals surface area contributed by atoms with Crippen molar-refractivity contribution in [1.82, 2.24) is 0 Å². The maximum Gasteiger partial charge on any atom is 0.495 e. The molecule has 1 aromatic rings. The SMILES string of the molecule is Cc1ccc([C@@H](O)C(F)(F)F)cc1B1OC(C)(C)C(C)(C)O1. The van der Waals surface area contributed by atoms with Crippen LogP contribution in [0.4, 0.5) is 13.2 Å². The van der Waals surface area contributed by atoms with Crippen LogP contribution in [0.1, 0.15) is 44.9 Å². The van der Waals surface area contributed by atoms with E-state index in [2.05, 4.69) is 0 Å².